The van der Waals surface area contributed by atoms with Gasteiger partial charge >= 0.3 is 0 Å². The number of aryl methyl sites for hydroxylation is 1. The van der Waals surface area contributed by atoms with E-state index in [0.29, 0.717) is 6.42 Å². The summed E-state index contributed by atoms with van der Waals surface area (Å²) in [4.78, 5) is 15.4. The van der Waals surface area contributed by atoms with Crippen LogP contribution in [0.1, 0.15) is 19.3 Å². The van der Waals surface area contributed by atoms with Gasteiger partial charge in [-0.2, -0.15) is 5.10 Å². The second kappa shape index (κ2) is 6.16. The molecule has 1 aliphatic rings. The lowest BCUT2D eigenvalue weighted by Gasteiger charge is -2.19. The van der Waals surface area contributed by atoms with E-state index in [2.05, 4.69) is 29.4 Å². The van der Waals surface area contributed by atoms with Crippen molar-refractivity contribution in [1.29, 1.82) is 0 Å². The molecule has 0 spiro atoms. The van der Waals surface area contributed by atoms with Crippen LogP contribution in [0, 0.1) is 5.41 Å². The van der Waals surface area contributed by atoms with E-state index < -0.39 is 0 Å². The lowest BCUT2D eigenvalue weighted by atomic mass is 10.0. The molecule has 0 unspecified atom stereocenters. The molecule has 0 atom stereocenters. The van der Waals surface area contributed by atoms with Gasteiger partial charge in [0.1, 0.15) is 0 Å². The molecule has 1 saturated carbocycles. The number of anilines is 1. The van der Waals surface area contributed by atoms with E-state index in [1.54, 1.807) is 9.58 Å². The Morgan fingerprint density at radius 3 is 2.64 bits per heavy atom. The third kappa shape index (κ3) is 3.53. The van der Waals surface area contributed by atoms with Crippen LogP contribution in [0.15, 0.2) is 47.5 Å². The standard InChI is InChI=1S/C17H21N3OS/c1-19-11-8-15(18-19)20(2)16(21)12-17(9-10-17)13-22-14-6-4-3-5-7-14/h3-8,11H,9-10,12-13H2,1-2H3. The third-order valence-electron chi connectivity index (χ3n) is 4.19. The Morgan fingerprint density at radius 2 is 2.05 bits per heavy atom. The highest BCUT2D eigenvalue weighted by atomic mass is 32.2. The Hall–Kier alpha value is -1.75. The van der Waals surface area contributed by atoms with E-state index in [-0.39, 0.29) is 11.3 Å². The van der Waals surface area contributed by atoms with E-state index in [0.717, 1.165) is 24.4 Å². The quantitative estimate of drug-likeness (QED) is 0.767. The molecule has 0 N–H and O–H groups in total. The summed E-state index contributed by atoms with van der Waals surface area (Å²) < 4.78 is 1.72. The summed E-state index contributed by atoms with van der Waals surface area (Å²) >= 11 is 1.85. The summed E-state index contributed by atoms with van der Waals surface area (Å²) in [5.74, 6) is 1.89. The van der Waals surface area contributed by atoms with Crippen LogP contribution < -0.4 is 4.90 Å². The molecule has 0 saturated heterocycles. The molecule has 4 nitrogen and oxygen atoms in total. The molecule has 1 amide bonds. The highest BCUT2D eigenvalue weighted by molar-refractivity contribution is 7.99. The first-order valence-corrected chi connectivity index (χ1v) is 8.51. The second-order valence-corrected chi connectivity index (χ2v) is 7.13. The second-order valence-electron chi connectivity index (χ2n) is 6.08. The Balaban J connectivity index is 1.56. The molecule has 1 heterocycles. The molecular formula is C17H21N3OS. The van der Waals surface area contributed by atoms with Gasteiger partial charge in [0, 0.05) is 43.4 Å². The largest absolute Gasteiger partial charge is 0.298 e. The molecule has 1 aromatic carbocycles. The molecule has 1 aliphatic carbocycles. The summed E-state index contributed by atoms with van der Waals surface area (Å²) in [6.45, 7) is 0. The van der Waals surface area contributed by atoms with Gasteiger partial charge in [-0.1, -0.05) is 18.2 Å². The molecular weight excluding hydrogens is 294 g/mol. The van der Waals surface area contributed by atoms with Gasteiger partial charge in [0.15, 0.2) is 5.82 Å². The minimum atomic E-state index is 0.157. The van der Waals surface area contributed by atoms with Crippen molar-refractivity contribution < 1.29 is 4.79 Å². The van der Waals surface area contributed by atoms with E-state index in [9.17, 15) is 4.79 Å². The first-order chi connectivity index (χ1) is 10.6. The Labute approximate surface area is 135 Å². The maximum atomic E-state index is 12.5. The predicted octanol–water partition coefficient (Wildman–Crippen LogP) is 3.35. The number of rotatable bonds is 6. The normalized spacial score (nSPS) is 15.5. The number of carbonyl (C=O) groups excluding carboxylic acids is 1. The van der Waals surface area contributed by atoms with Crippen LogP contribution in [0.25, 0.3) is 0 Å². The van der Waals surface area contributed by atoms with Crippen LogP contribution in [0.2, 0.25) is 0 Å². The van der Waals surface area contributed by atoms with Crippen molar-refractivity contribution in [3.05, 3.63) is 42.6 Å². The number of carbonyl (C=O) groups is 1. The molecule has 2 aromatic rings. The highest BCUT2D eigenvalue weighted by Gasteiger charge is 2.44. The summed E-state index contributed by atoms with van der Waals surface area (Å²) in [5, 5.41) is 4.29. The predicted molar refractivity (Wildman–Crippen MR) is 90.1 cm³/mol. The monoisotopic (exact) mass is 315 g/mol. The van der Waals surface area contributed by atoms with Gasteiger partial charge in [-0.3, -0.25) is 14.4 Å². The van der Waals surface area contributed by atoms with Gasteiger partial charge in [-0.25, -0.2) is 0 Å². The molecule has 3 rings (SSSR count). The number of amides is 1. The van der Waals surface area contributed by atoms with Crippen LogP contribution in [-0.4, -0.2) is 28.5 Å². The van der Waals surface area contributed by atoms with Gasteiger partial charge in [0.05, 0.1) is 0 Å². The van der Waals surface area contributed by atoms with E-state index >= 15 is 0 Å². The number of thioether (sulfide) groups is 1. The molecule has 0 radical (unpaired) electrons. The lowest BCUT2D eigenvalue weighted by molar-refractivity contribution is -0.119. The summed E-state index contributed by atoms with van der Waals surface area (Å²) in [7, 11) is 3.67. The zero-order valence-electron chi connectivity index (χ0n) is 13.0. The average Bonchev–Trinajstić information content (AvgIpc) is 3.16. The molecule has 116 valence electrons. The number of nitrogens with zero attached hydrogens (tertiary/aromatic N) is 3. The topological polar surface area (TPSA) is 38.1 Å². The van der Waals surface area contributed by atoms with Crippen molar-refractivity contribution in [2.45, 2.75) is 24.2 Å². The number of aromatic nitrogens is 2. The lowest BCUT2D eigenvalue weighted by Crippen LogP contribution is -2.29. The van der Waals surface area contributed by atoms with E-state index in [1.807, 2.05) is 44.2 Å². The zero-order valence-corrected chi connectivity index (χ0v) is 13.8. The number of benzene rings is 1. The average molecular weight is 315 g/mol. The minimum absolute atomic E-state index is 0.157. The third-order valence-corrected chi connectivity index (χ3v) is 5.55. The fourth-order valence-corrected chi connectivity index (χ4v) is 3.66. The van der Waals surface area contributed by atoms with Crippen molar-refractivity contribution in [3.8, 4) is 0 Å². The van der Waals surface area contributed by atoms with Gasteiger partial charge < -0.3 is 0 Å². The van der Waals surface area contributed by atoms with Gasteiger partial charge in [-0.15, -0.1) is 11.8 Å². The smallest absolute Gasteiger partial charge is 0.228 e. The zero-order chi connectivity index (χ0) is 15.6. The molecule has 5 heteroatoms. The summed E-state index contributed by atoms with van der Waals surface area (Å²) in [6, 6.07) is 12.3. The summed E-state index contributed by atoms with van der Waals surface area (Å²) in [5.41, 5.74) is 0.181. The van der Waals surface area contributed by atoms with Crippen LogP contribution in [-0.2, 0) is 11.8 Å². The highest BCUT2D eigenvalue weighted by Crippen LogP contribution is 2.52. The first kappa shape index (κ1) is 15.2. The van der Waals surface area contributed by atoms with Crippen molar-refractivity contribution in [2.75, 3.05) is 17.7 Å². The SMILES string of the molecule is CN(C(=O)CC1(CSc2ccccc2)CC1)c1ccn(C)n1. The van der Waals surface area contributed by atoms with Crippen LogP contribution in [0.3, 0.4) is 0 Å². The van der Waals surface area contributed by atoms with Crippen LogP contribution in [0.4, 0.5) is 5.82 Å². The molecule has 0 aliphatic heterocycles. The first-order valence-electron chi connectivity index (χ1n) is 7.52. The van der Waals surface area contributed by atoms with E-state index in [1.165, 1.54) is 4.90 Å². The van der Waals surface area contributed by atoms with Crippen molar-refractivity contribution in [3.63, 3.8) is 0 Å². The molecule has 1 fully saturated rings. The van der Waals surface area contributed by atoms with Crippen LogP contribution >= 0.6 is 11.8 Å². The Kier molecular flexibility index (Phi) is 4.25. The number of hydrogen-bond donors (Lipinski definition) is 0. The summed E-state index contributed by atoms with van der Waals surface area (Å²) in [6.07, 6.45) is 4.76. The fraction of sp³-hybridized carbons (Fsp3) is 0.412. The molecule has 1 aromatic heterocycles. The molecule has 22 heavy (non-hydrogen) atoms. The van der Waals surface area contributed by atoms with Gasteiger partial charge in [0.2, 0.25) is 5.91 Å². The molecule has 0 bridgehead atoms. The van der Waals surface area contributed by atoms with Gasteiger partial charge in [-0.05, 0) is 30.4 Å². The Bertz CT molecular complexity index is 649. The number of hydrogen-bond acceptors (Lipinski definition) is 3. The fourth-order valence-electron chi connectivity index (χ4n) is 2.45. The van der Waals surface area contributed by atoms with Crippen molar-refractivity contribution in [2.24, 2.45) is 12.5 Å². The maximum Gasteiger partial charge on any atom is 0.228 e. The van der Waals surface area contributed by atoms with Gasteiger partial charge in [0.25, 0.3) is 0 Å². The van der Waals surface area contributed by atoms with E-state index in [4.69, 9.17) is 0 Å². The Morgan fingerprint density at radius 1 is 1.32 bits per heavy atom. The van der Waals surface area contributed by atoms with Crippen LogP contribution in [0.5, 0.6) is 0 Å². The van der Waals surface area contributed by atoms with Crippen molar-refractivity contribution >= 4 is 23.5 Å². The maximum absolute atomic E-state index is 12.5. The minimum Gasteiger partial charge on any atom is -0.298 e. The van der Waals surface area contributed by atoms with Crippen molar-refractivity contribution in [1.82, 2.24) is 9.78 Å².